The first kappa shape index (κ1) is 22.6. The van der Waals surface area contributed by atoms with Gasteiger partial charge in [0, 0.05) is 40.4 Å². The Morgan fingerprint density at radius 1 is 0.941 bits per heavy atom. The van der Waals surface area contributed by atoms with Crippen LogP contribution in [0, 0.1) is 20.8 Å². The normalized spacial score (nSPS) is 17.8. The summed E-state index contributed by atoms with van der Waals surface area (Å²) in [5.41, 5.74) is 8.19. The van der Waals surface area contributed by atoms with Crippen LogP contribution < -0.4 is 5.32 Å². The van der Waals surface area contributed by atoms with Crippen LogP contribution in [0.1, 0.15) is 45.9 Å². The van der Waals surface area contributed by atoms with Gasteiger partial charge in [0.05, 0.1) is 17.8 Å². The minimum absolute atomic E-state index is 0.00161. The van der Waals surface area contributed by atoms with Crippen molar-refractivity contribution in [1.82, 2.24) is 19.8 Å². The van der Waals surface area contributed by atoms with Crippen LogP contribution >= 0.6 is 23.8 Å². The number of halogens is 1. The lowest BCUT2D eigenvalue weighted by Gasteiger charge is -2.29. The standard InChI is InChI=1S/C28H27ClN4S/c1-18-19(2)33(23-13-9-12-22(29)16-23)20(3)25(18)27-26(24-14-7-8-15-30-24)31-28(34)32(27)17-21-10-5-4-6-11-21/h4-16,26-27H,17H2,1-3H3,(H,31,34)/t26-,27+/m1/s1. The molecule has 34 heavy (non-hydrogen) atoms. The Kier molecular flexibility index (Phi) is 6.15. The third kappa shape index (κ3) is 3.99. The van der Waals surface area contributed by atoms with E-state index in [1.165, 1.54) is 28.1 Å². The molecule has 1 aliphatic rings. The van der Waals surface area contributed by atoms with Crippen LogP contribution in [-0.4, -0.2) is 19.6 Å². The molecule has 4 aromatic rings. The monoisotopic (exact) mass is 486 g/mol. The number of nitrogens with zero attached hydrogens (tertiary/aromatic N) is 3. The van der Waals surface area contributed by atoms with Crippen LogP contribution in [0.15, 0.2) is 79.0 Å². The Labute approximate surface area is 211 Å². The Morgan fingerprint density at radius 3 is 2.41 bits per heavy atom. The van der Waals surface area contributed by atoms with E-state index in [1.54, 1.807) is 0 Å². The van der Waals surface area contributed by atoms with Gasteiger partial charge in [-0.25, -0.2) is 0 Å². The Hall–Kier alpha value is -3.15. The summed E-state index contributed by atoms with van der Waals surface area (Å²) in [7, 11) is 0. The Bertz CT molecular complexity index is 1330. The second-order valence-corrected chi connectivity index (χ2v) is 9.59. The van der Waals surface area contributed by atoms with Crippen molar-refractivity contribution in [1.29, 1.82) is 0 Å². The summed E-state index contributed by atoms with van der Waals surface area (Å²) in [5.74, 6) is 0. The second kappa shape index (κ2) is 9.24. The van der Waals surface area contributed by atoms with Gasteiger partial charge < -0.3 is 14.8 Å². The molecule has 3 heterocycles. The average molecular weight is 487 g/mol. The van der Waals surface area contributed by atoms with Gasteiger partial charge in [0.1, 0.15) is 0 Å². The molecule has 2 atom stereocenters. The molecule has 2 aromatic heterocycles. The van der Waals surface area contributed by atoms with E-state index in [0.29, 0.717) is 0 Å². The molecule has 172 valence electrons. The minimum atomic E-state index is -0.0515. The maximum atomic E-state index is 6.35. The van der Waals surface area contributed by atoms with Crippen molar-refractivity contribution < 1.29 is 0 Å². The zero-order valence-corrected chi connectivity index (χ0v) is 21.1. The first-order valence-electron chi connectivity index (χ1n) is 11.4. The average Bonchev–Trinajstić information content (AvgIpc) is 3.27. The first-order chi connectivity index (χ1) is 16.5. The third-order valence-corrected chi connectivity index (χ3v) is 7.35. The summed E-state index contributed by atoms with van der Waals surface area (Å²) >= 11 is 12.2. The quantitative estimate of drug-likeness (QED) is 0.321. The molecule has 5 rings (SSSR count). The van der Waals surface area contributed by atoms with E-state index in [2.05, 4.69) is 72.0 Å². The Morgan fingerprint density at radius 2 is 1.71 bits per heavy atom. The maximum absolute atomic E-state index is 6.35. The smallest absolute Gasteiger partial charge is 0.170 e. The molecule has 4 nitrogen and oxygen atoms in total. The Balaban J connectivity index is 1.67. The lowest BCUT2D eigenvalue weighted by molar-refractivity contribution is 0.309. The van der Waals surface area contributed by atoms with E-state index in [-0.39, 0.29) is 12.1 Å². The van der Waals surface area contributed by atoms with E-state index < -0.39 is 0 Å². The highest BCUT2D eigenvalue weighted by atomic mass is 35.5. The lowest BCUT2D eigenvalue weighted by atomic mass is 9.93. The van der Waals surface area contributed by atoms with Gasteiger partial charge in [-0.15, -0.1) is 0 Å². The molecule has 6 heteroatoms. The van der Waals surface area contributed by atoms with E-state index in [0.717, 1.165) is 28.1 Å². The van der Waals surface area contributed by atoms with Crippen LogP contribution in [-0.2, 0) is 6.54 Å². The molecule has 0 radical (unpaired) electrons. The molecule has 0 aliphatic carbocycles. The SMILES string of the molecule is Cc1c([C@H]2[C@@H](c3ccccn3)NC(=S)N2Cc2ccccc2)c(C)n(-c2cccc(Cl)c2)c1C. The van der Waals surface area contributed by atoms with Gasteiger partial charge in [0.25, 0.3) is 0 Å². The summed E-state index contributed by atoms with van der Waals surface area (Å²) in [6.07, 6.45) is 1.85. The largest absolute Gasteiger partial charge is 0.352 e. The summed E-state index contributed by atoms with van der Waals surface area (Å²) in [5, 5.41) is 5.06. The van der Waals surface area contributed by atoms with Crippen LogP contribution in [0.25, 0.3) is 5.69 Å². The maximum Gasteiger partial charge on any atom is 0.170 e. The van der Waals surface area contributed by atoms with Crippen molar-refractivity contribution in [3.05, 3.63) is 118 Å². The van der Waals surface area contributed by atoms with Gasteiger partial charge in [-0.05, 0) is 74.4 Å². The fraction of sp³-hybridized carbons (Fsp3) is 0.214. The van der Waals surface area contributed by atoms with Crippen molar-refractivity contribution in [2.45, 2.75) is 39.4 Å². The summed E-state index contributed by atoms with van der Waals surface area (Å²) in [4.78, 5) is 7.00. The van der Waals surface area contributed by atoms with E-state index in [9.17, 15) is 0 Å². The van der Waals surface area contributed by atoms with Crippen molar-refractivity contribution >= 4 is 28.9 Å². The number of hydrogen-bond acceptors (Lipinski definition) is 2. The molecule has 0 amide bonds. The molecule has 2 aromatic carbocycles. The predicted octanol–water partition coefficient (Wildman–Crippen LogP) is 6.62. The van der Waals surface area contributed by atoms with Gasteiger partial charge in [0.2, 0.25) is 0 Å². The highest BCUT2D eigenvalue weighted by Crippen LogP contribution is 2.44. The highest BCUT2D eigenvalue weighted by Gasteiger charge is 2.42. The number of nitrogens with one attached hydrogen (secondary N) is 1. The van der Waals surface area contributed by atoms with Crippen LogP contribution in [0.3, 0.4) is 0 Å². The van der Waals surface area contributed by atoms with Crippen LogP contribution in [0.4, 0.5) is 0 Å². The zero-order chi connectivity index (χ0) is 23.8. The second-order valence-electron chi connectivity index (χ2n) is 8.76. The molecule has 0 unspecified atom stereocenters. The fourth-order valence-electron chi connectivity index (χ4n) is 5.11. The van der Waals surface area contributed by atoms with Crippen LogP contribution in [0.2, 0.25) is 5.02 Å². The molecular formula is C28H27ClN4S. The first-order valence-corrected chi connectivity index (χ1v) is 12.2. The number of hydrogen-bond donors (Lipinski definition) is 1. The molecule has 0 saturated carbocycles. The molecule has 1 N–H and O–H groups in total. The molecule has 0 bridgehead atoms. The third-order valence-electron chi connectivity index (χ3n) is 6.76. The number of pyridine rings is 1. The summed E-state index contributed by atoms with van der Waals surface area (Å²) in [6, 6.07) is 24.5. The summed E-state index contributed by atoms with van der Waals surface area (Å²) < 4.78 is 2.30. The van der Waals surface area contributed by atoms with Gasteiger partial charge >= 0.3 is 0 Å². The highest BCUT2D eigenvalue weighted by molar-refractivity contribution is 7.80. The van der Waals surface area contributed by atoms with Crippen molar-refractivity contribution in [2.24, 2.45) is 0 Å². The van der Waals surface area contributed by atoms with E-state index >= 15 is 0 Å². The van der Waals surface area contributed by atoms with E-state index in [1.807, 2.05) is 42.6 Å². The zero-order valence-electron chi connectivity index (χ0n) is 19.5. The van der Waals surface area contributed by atoms with Gasteiger partial charge in [-0.3, -0.25) is 4.98 Å². The van der Waals surface area contributed by atoms with Crippen molar-refractivity contribution in [2.75, 3.05) is 0 Å². The molecule has 1 aliphatic heterocycles. The predicted molar refractivity (Wildman–Crippen MR) is 142 cm³/mol. The van der Waals surface area contributed by atoms with Crippen molar-refractivity contribution in [3.8, 4) is 5.69 Å². The van der Waals surface area contributed by atoms with Gasteiger partial charge in [-0.2, -0.15) is 0 Å². The lowest BCUT2D eigenvalue weighted by Crippen LogP contribution is -2.29. The number of rotatable bonds is 5. The minimum Gasteiger partial charge on any atom is -0.352 e. The number of thiocarbonyl (C=S) groups is 1. The topological polar surface area (TPSA) is 33.1 Å². The molecule has 1 saturated heterocycles. The number of benzene rings is 2. The van der Waals surface area contributed by atoms with Gasteiger partial charge in [0.15, 0.2) is 5.11 Å². The summed E-state index contributed by atoms with van der Waals surface area (Å²) in [6.45, 7) is 7.29. The van der Waals surface area contributed by atoms with Gasteiger partial charge in [-0.1, -0.05) is 54.1 Å². The fourth-order valence-corrected chi connectivity index (χ4v) is 5.60. The van der Waals surface area contributed by atoms with E-state index in [4.69, 9.17) is 28.8 Å². The molecule has 0 spiro atoms. The van der Waals surface area contributed by atoms with Crippen molar-refractivity contribution in [3.63, 3.8) is 0 Å². The molecule has 1 fully saturated rings. The van der Waals surface area contributed by atoms with Crippen LogP contribution in [0.5, 0.6) is 0 Å². The molecular weight excluding hydrogens is 460 g/mol. The number of aromatic nitrogens is 2.